The summed E-state index contributed by atoms with van der Waals surface area (Å²) in [7, 11) is 1.32. The number of carbonyl (C=O) groups is 1. The molecule has 0 saturated carbocycles. The molecule has 0 saturated heterocycles. The van der Waals surface area contributed by atoms with E-state index >= 15 is 0 Å². The third-order valence-corrected chi connectivity index (χ3v) is 1.55. The number of hydrogen-bond donors (Lipinski definition) is 1. The van der Waals surface area contributed by atoms with Crippen LogP contribution in [0.2, 0.25) is 0 Å². The number of esters is 1. The molecule has 1 aromatic heterocycles. The van der Waals surface area contributed by atoms with Crippen molar-refractivity contribution in [1.82, 2.24) is 4.98 Å². The van der Waals surface area contributed by atoms with Crippen molar-refractivity contribution in [3.8, 4) is 11.8 Å². The summed E-state index contributed by atoms with van der Waals surface area (Å²) in [6, 6.07) is 1.56. The lowest BCUT2D eigenvalue weighted by atomic mass is 10.1. The molecule has 0 aliphatic heterocycles. The summed E-state index contributed by atoms with van der Waals surface area (Å²) in [6.45, 7) is 0.246. The largest absolute Gasteiger partial charge is 0.465 e. The van der Waals surface area contributed by atoms with E-state index in [2.05, 4.69) is 21.6 Å². The molecule has 0 atom stereocenters. The highest BCUT2D eigenvalue weighted by Crippen LogP contribution is 2.06. The van der Waals surface area contributed by atoms with Gasteiger partial charge in [0.15, 0.2) is 0 Å². The van der Waals surface area contributed by atoms with E-state index in [9.17, 15) is 4.79 Å². The van der Waals surface area contributed by atoms with Crippen LogP contribution in [0.25, 0.3) is 0 Å². The molecule has 0 spiro atoms. The second kappa shape index (κ2) is 6.82. The predicted octanol–water partition coefficient (Wildman–Crippen LogP) is 0.600. The number of aromatic nitrogens is 1. The molecule has 1 heterocycles. The number of ether oxygens (including phenoxy) is 1. The molecule has 1 aromatic rings. The van der Waals surface area contributed by atoms with Crippen LogP contribution >= 0.6 is 12.4 Å². The molecule has 0 fully saturated rings. The lowest BCUT2D eigenvalue weighted by Gasteiger charge is -2.00. The first-order valence-electron chi connectivity index (χ1n) is 4.01. The van der Waals surface area contributed by atoms with Crippen LogP contribution < -0.4 is 5.73 Å². The van der Waals surface area contributed by atoms with Gasteiger partial charge < -0.3 is 10.5 Å². The van der Waals surface area contributed by atoms with Gasteiger partial charge in [0.05, 0.1) is 24.8 Å². The van der Waals surface area contributed by atoms with Gasteiger partial charge in [-0.25, -0.2) is 4.79 Å². The van der Waals surface area contributed by atoms with Gasteiger partial charge >= 0.3 is 5.97 Å². The fraction of sp³-hybridized carbons (Fsp3) is 0.200. The Hall–Kier alpha value is -1.57. The summed E-state index contributed by atoms with van der Waals surface area (Å²) in [5.41, 5.74) is 6.16. The molecule has 0 aliphatic rings. The van der Waals surface area contributed by atoms with Crippen molar-refractivity contribution < 1.29 is 9.53 Å². The summed E-state index contributed by atoms with van der Waals surface area (Å²) in [5.74, 6) is 4.98. The van der Waals surface area contributed by atoms with Gasteiger partial charge in [-0.05, 0) is 6.07 Å². The number of pyridine rings is 1. The molecule has 15 heavy (non-hydrogen) atoms. The smallest absolute Gasteiger partial charge is 0.339 e. The quantitative estimate of drug-likeness (QED) is 0.563. The van der Waals surface area contributed by atoms with Gasteiger partial charge in [-0.2, -0.15) is 0 Å². The Morgan fingerprint density at radius 1 is 1.67 bits per heavy atom. The topological polar surface area (TPSA) is 65.2 Å². The minimum absolute atomic E-state index is 0. The molecule has 2 N–H and O–H groups in total. The van der Waals surface area contributed by atoms with E-state index in [0.717, 1.165) is 0 Å². The summed E-state index contributed by atoms with van der Waals surface area (Å²) < 4.78 is 4.59. The molecule has 5 heteroatoms. The molecular formula is C10H11ClN2O2. The number of halogens is 1. The van der Waals surface area contributed by atoms with E-state index in [0.29, 0.717) is 11.1 Å². The van der Waals surface area contributed by atoms with Crippen LogP contribution in [-0.2, 0) is 4.74 Å². The average Bonchev–Trinajstić information content (AvgIpc) is 2.25. The van der Waals surface area contributed by atoms with Crippen LogP contribution in [0.4, 0.5) is 0 Å². The fourth-order valence-corrected chi connectivity index (χ4v) is 0.928. The van der Waals surface area contributed by atoms with E-state index in [1.165, 1.54) is 19.5 Å². The fourth-order valence-electron chi connectivity index (χ4n) is 0.928. The molecule has 0 aromatic carbocycles. The van der Waals surface area contributed by atoms with Crippen molar-refractivity contribution in [2.24, 2.45) is 5.73 Å². The van der Waals surface area contributed by atoms with Gasteiger partial charge in [-0.1, -0.05) is 11.8 Å². The van der Waals surface area contributed by atoms with Crippen LogP contribution in [0.5, 0.6) is 0 Å². The maximum atomic E-state index is 11.2. The van der Waals surface area contributed by atoms with E-state index in [1.54, 1.807) is 6.07 Å². The Kier molecular flexibility index (Phi) is 6.11. The Balaban J connectivity index is 0.00000196. The van der Waals surface area contributed by atoms with Gasteiger partial charge in [-0.3, -0.25) is 4.98 Å². The van der Waals surface area contributed by atoms with E-state index in [1.807, 2.05) is 0 Å². The number of carbonyl (C=O) groups excluding carboxylic acids is 1. The van der Waals surface area contributed by atoms with Crippen molar-refractivity contribution in [1.29, 1.82) is 0 Å². The molecule has 0 aliphatic carbocycles. The summed E-state index contributed by atoms with van der Waals surface area (Å²) in [5, 5.41) is 0. The van der Waals surface area contributed by atoms with Gasteiger partial charge in [-0.15, -0.1) is 12.4 Å². The molecule has 0 unspecified atom stereocenters. The first-order chi connectivity index (χ1) is 6.79. The molecule has 4 nitrogen and oxygen atoms in total. The maximum Gasteiger partial charge on any atom is 0.339 e. The minimum Gasteiger partial charge on any atom is -0.465 e. The zero-order chi connectivity index (χ0) is 10.4. The number of methoxy groups -OCH3 is 1. The molecule has 1 rings (SSSR count). The first kappa shape index (κ1) is 13.4. The van der Waals surface area contributed by atoms with Crippen molar-refractivity contribution in [3.05, 3.63) is 29.6 Å². The zero-order valence-electron chi connectivity index (χ0n) is 8.19. The number of nitrogens with zero attached hydrogens (tertiary/aromatic N) is 1. The second-order valence-electron chi connectivity index (χ2n) is 2.42. The van der Waals surface area contributed by atoms with E-state index < -0.39 is 5.97 Å². The van der Waals surface area contributed by atoms with Gasteiger partial charge in [0, 0.05) is 12.4 Å². The highest BCUT2D eigenvalue weighted by atomic mass is 35.5. The van der Waals surface area contributed by atoms with Gasteiger partial charge in [0.1, 0.15) is 0 Å². The standard InChI is InChI=1S/C10H10N2O2.ClH/c1-14-10(13)9-4-6-12-7-8(9)3-2-5-11;/h4,6-7H,5,11H2,1H3;1H. The highest BCUT2D eigenvalue weighted by Gasteiger charge is 2.08. The van der Waals surface area contributed by atoms with E-state index in [-0.39, 0.29) is 19.0 Å². The van der Waals surface area contributed by atoms with Crippen molar-refractivity contribution >= 4 is 18.4 Å². The normalized spacial score (nSPS) is 8.13. The first-order valence-corrected chi connectivity index (χ1v) is 4.01. The van der Waals surface area contributed by atoms with E-state index in [4.69, 9.17) is 5.73 Å². The molecule has 0 bridgehead atoms. The third kappa shape index (κ3) is 3.58. The Bertz CT molecular complexity index is 396. The summed E-state index contributed by atoms with van der Waals surface area (Å²) in [6.07, 6.45) is 3.02. The van der Waals surface area contributed by atoms with Crippen LogP contribution in [-0.4, -0.2) is 24.6 Å². The Morgan fingerprint density at radius 2 is 2.40 bits per heavy atom. The second-order valence-corrected chi connectivity index (χ2v) is 2.42. The Labute approximate surface area is 94.2 Å². The van der Waals surface area contributed by atoms with Crippen LogP contribution in [0, 0.1) is 11.8 Å². The van der Waals surface area contributed by atoms with Crippen LogP contribution in [0.3, 0.4) is 0 Å². The molecule has 0 amide bonds. The molecule has 80 valence electrons. The molecular weight excluding hydrogens is 216 g/mol. The lowest BCUT2D eigenvalue weighted by Crippen LogP contribution is -2.04. The summed E-state index contributed by atoms with van der Waals surface area (Å²) >= 11 is 0. The number of hydrogen-bond acceptors (Lipinski definition) is 4. The zero-order valence-corrected chi connectivity index (χ0v) is 9.00. The monoisotopic (exact) mass is 226 g/mol. The van der Waals surface area contributed by atoms with Gasteiger partial charge in [0.25, 0.3) is 0 Å². The van der Waals surface area contributed by atoms with Crippen molar-refractivity contribution in [3.63, 3.8) is 0 Å². The third-order valence-electron chi connectivity index (χ3n) is 1.55. The summed E-state index contributed by atoms with van der Waals surface area (Å²) in [4.78, 5) is 15.1. The van der Waals surface area contributed by atoms with Crippen molar-refractivity contribution in [2.45, 2.75) is 0 Å². The van der Waals surface area contributed by atoms with Crippen LogP contribution in [0.1, 0.15) is 15.9 Å². The van der Waals surface area contributed by atoms with Crippen molar-refractivity contribution in [2.75, 3.05) is 13.7 Å². The molecule has 0 radical (unpaired) electrons. The predicted molar refractivity (Wildman–Crippen MR) is 58.8 cm³/mol. The van der Waals surface area contributed by atoms with Crippen LogP contribution in [0.15, 0.2) is 18.5 Å². The lowest BCUT2D eigenvalue weighted by molar-refractivity contribution is 0.0600. The SMILES string of the molecule is COC(=O)c1ccncc1C#CCN.Cl. The van der Waals surface area contributed by atoms with Gasteiger partial charge in [0.2, 0.25) is 0 Å². The minimum atomic E-state index is -0.422. The Morgan fingerprint density at radius 3 is 3.00 bits per heavy atom. The number of rotatable bonds is 1. The highest BCUT2D eigenvalue weighted by molar-refractivity contribution is 5.92. The average molecular weight is 227 g/mol. The number of nitrogens with two attached hydrogens (primary N) is 1. The maximum absolute atomic E-state index is 11.2.